The lowest BCUT2D eigenvalue weighted by Crippen LogP contribution is -2.67. The largest absolute Gasteiger partial charge is 0.467 e. The molecule has 0 spiro atoms. The van der Waals surface area contributed by atoms with Crippen LogP contribution in [0.4, 0.5) is 0 Å². The van der Waals surface area contributed by atoms with Crippen LogP contribution in [0.5, 0.6) is 0 Å². The van der Waals surface area contributed by atoms with Crippen LogP contribution in [0.1, 0.15) is 50.9 Å². The van der Waals surface area contributed by atoms with Crippen LogP contribution in [-0.2, 0) is 40.6 Å². The van der Waals surface area contributed by atoms with Gasteiger partial charge in [0, 0.05) is 42.9 Å². The quantitative estimate of drug-likeness (QED) is 0.663. The molecule has 1 aromatic heterocycles. The number of nitrogens with zero attached hydrogens (tertiary/aromatic N) is 2. The standard InChI is InChI=1S/C25H30N2O6/c1-5-16-13-32-24(33-15(3)29)25(23(30)31-4)19(16)12-21-22-18(10-11-26(21)14(2)28)17-8-6-7-9-20(17)27(22)25/h6-9,16,19,21,24H,5,10-13H2,1-4H3/t16-,19+,21+,24+,25-/m1/s1. The molecule has 33 heavy (non-hydrogen) atoms. The average Bonchev–Trinajstić information content (AvgIpc) is 3.14. The van der Waals surface area contributed by atoms with Gasteiger partial charge in [0.05, 0.1) is 19.8 Å². The summed E-state index contributed by atoms with van der Waals surface area (Å²) in [5.74, 6) is -1.20. The van der Waals surface area contributed by atoms with E-state index in [4.69, 9.17) is 14.2 Å². The molecule has 0 aliphatic carbocycles. The van der Waals surface area contributed by atoms with Gasteiger partial charge in [-0.2, -0.15) is 0 Å². The molecule has 5 atom stereocenters. The molecule has 3 aliphatic rings. The molecular formula is C25H30N2O6. The van der Waals surface area contributed by atoms with Gasteiger partial charge in [-0.25, -0.2) is 4.79 Å². The number of rotatable bonds is 3. The minimum Gasteiger partial charge on any atom is -0.467 e. The molecule has 0 saturated carbocycles. The second-order valence-electron chi connectivity index (χ2n) is 9.30. The molecule has 0 N–H and O–H groups in total. The van der Waals surface area contributed by atoms with Crippen molar-refractivity contribution >= 4 is 28.7 Å². The molecule has 0 bridgehead atoms. The van der Waals surface area contributed by atoms with E-state index in [1.165, 1.54) is 14.0 Å². The minimum atomic E-state index is -1.37. The third kappa shape index (κ3) is 2.89. The van der Waals surface area contributed by atoms with Gasteiger partial charge in [0.1, 0.15) is 0 Å². The molecule has 1 saturated heterocycles. The van der Waals surface area contributed by atoms with Crippen LogP contribution < -0.4 is 0 Å². The first-order chi connectivity index (χ1) is 15.9. The Morgan fingerprint density at radius 1 is 1.21 bits per heavy atom. The third-order valence-corrected chi connectivity index (χ3v) is 7.83. The molecule has 5 rings (SSSR count). The molecule has 8 nitrogen and oxygen atoms in total. The predicted molar refractivity (Wildman–Crippen MR) is 119 cm³/mol. The zero-order valence-electron chi connectivity index (χ0n) is 19.5. The highest BCUT2D eigenvalue weighted by molar-refractivity contribution is 5.92. The van der Waals surface area contributed by atoms with Gasteiger partial charge in [0.2, 0.25) is 17.7 Å². The number of benzene rings is 1. The zero-order valence-corrected chi connectivity index (χ0v) is 19.5. The summed E-state index contributed by atoms with van der Waals surface area (Å²) in [5.41, 5.74) is 1.56. The lowest BCUT2D eigenvalue weighted by molar-refractivity contribution is -0.258. The molecule has 1 aromatic carbocycles. The van der Waals surface area contributed by atoms with Crippen molar-refractivity contribution in [3.8, 4) is 0 Å². The molecule has 1 amide bonds. The number of ether oxygens (including phenoxy) is 3. The summed E-state index contributed by atoms with van der Waals surface area (Å²) >= 11 is 0. The highest BCUT2D eigenvalue weighted by atomic mass is 16.7. The van der Waals surface area contributed by atoms with E-state index >= 15 is 0 Å². The number of hydrogen-bond donors (Lipinski definition) is 0. The van der Waals surface area contributed by atoms with Crippen molar-refractivity contribution in [1.82, 2.24) is 9.47 Å². The third-order valence-electron chi connectivity index (χ3n) is 7.83. The summed E-state index contributed by atoms with van der Waals surface area (Å²) in [6.45, 7) is 6.00. The Morgan fingerprint density at radius 3 is 2.64 bits per heavy atom. The molecule has 4 heterocycles. The summed E-state index contributed by atoms with van der Waals surface area (Å²) in [5, 5.41) is 1.05. The fourth-order valence-electron chi connectivity index (χ4n) is 6.54. The van der Waals surface area contributed by atoms with Crippen molar-refractivity contribution in [2.24, 2.45) is 11.8 Å². The number of carbonyl (C=O) groups is 3. The van der Waals surface area contributed by atoms with Crippen molar-refractivity contribution in [3.05, 3.63) is 35.5 Å². The van der Waals surface area contributed by atoms with Gasteiger partial charge in [-0.3, -0.25) is 9.59 Å². The maximum atomic E-state index is 13.8. The number of carbonyl (C=O) groups excluding carboxylic acids is 3. The van der Waals surface area contributed by atoms with E-state index in [0.717, 1.165) is 28.6 Å². The maximum absolute atomic E-state index is 13.8. The molecular weight excluding hydrogens is 424 g/mol. The Bertz CT molecular complexity index is 1140. The number of amides is 1. The van der Waals surface area contributed by atoms with Crippen LogP contribution >= 0.6 is 0 Å². The number of esters is 2. The second-order valence-corrected chi connectivity index (χ2v) is 9.30. The normalized spacial score (nSPS) is 30.4. The van der Waals surface area contributed by atoms with Gasteiger partial charge in [-0.15, -0.1) is 0 Å². The highest BCUT2D eigenvalue weighted by Crippen LogP contribution is 2.56. The highest BCUT2D eigenvalue weighted by Gasteiger charge is 2.66. The van der Waals surface area contributed by atoms with E-state index in [2.05, 4.69) is 13.0 Å². The van der Waals surface area contributed by atoms with Crippen LogP contribution in [0.2, 0.25) is 0 Å². The van der Waals surface area contributed by atoms with Gasteiger partial charge in [-0.05, 0) is 30.4 Å². The fourth-order valence-corrected chi connectivity index (χ4v) is 6.54. The molecule has 0 unspecified atom stereocenters. The molecule has 0 radical (unpaired) electrons. The molecule has 8 heteroatoms. The SMILES string of the molecule is CC[C@@H]1CO[C@@H](OC(C)=O)[C@]2(C(=O)OC)[C@H]1C[C@H]1c3c(c4ccccc4n32)CCN1C(C)=O. The molecule has 2 aromatic rings. The van der Waals surface area contributed by atoms with E-state index in [1.807, 2.05) is 27.7 Å². The van der Waals surface area contributed by atoms with E-state index in [1.54, 1.807) is 6.92 Å². The Hall–Kier alpha value is -2.87. The smallest absolute Gasteiger partial charge is 0.339 e. The van der Waals surface area contributed by atoms with Crippen LogP contribution in [0.15, 0.2) is 24.3 Å². The van der Waals surface area contributed by atoms with E-state index in [0.29, 0.717) is 26.0 Å². The van der Waals surface area contributed by atoms with Gasteiger partial charge < -0.3 is 23.7 Å². The number of methoxy groups -OCH3 is 1. The molecule has 1 fully saturated rings. The average molecular weight is 455 g/mol. The monoisotopic (exact) mass is 454 g/mol. The molecule has 176 valence electrons. The summed E-state index contributed by atoms with van der Waals surface area (Å²) < 4.78 is 19.2. The maximum Gasteiger partial charge on any atom is 0.339 e. The van der Waals surface area contributed by atoms with Crippen molar-refractivity contribution in [3.63, 3.8) is 0 Å². The fraction of sp³-hybridized carbons (Fsp3) is 0.560. The first-order valence-electron chi connectivity index (χ1n) is 11.6. The first kappa shape index (κ1) is 21.9. The summed E-state index contributed by atoms with van der Waals surface area (Å²) in [4.78, 5) is 40.5. The first-order valence-corrected chi connectivity index (χ1v) is 11.6. The van der Waals surface area contributed by atoms with Gasteiger partial charge in [0.15, 0.2) is 0 Å². The molecule has 3 aliphatic heterocycles. The van der Waals surface area contributed by atoms with E-state index in [9.17, 15) is 14.4 Å². The zero-order chi connectivity index (χ0) is 23.5. The number of aromatic nitrogens is 1. The minimum absolute atomic E-state index is 0.0182. The summed E-state index contributed by atoms with van der Waals surface area (Å²) in [7, 11) is 1.36. The summed E-state index contributed by atoms with van der Waals surface area (Å²) in [6, 6.07) is 7.79. The van der Waals surface area contributed by atoms with E-state index < -0.39 is 23.8 Å². The van der Waals surface area contributed by atoms with Crippen molar-refractivity contribution in [1.29, 1.82) is 0 Å². The van der Waals surface area contributed by atoms with Crippen LogP contribution in [0.3, 0.4) is 0 Å². The van der Waals surface area contributed by atoms with Crippen molar-refractivity contribution < 1.29 is 28.6 Å². The topological polar surface area (TPSA) is 87.1 Å². The Morgan fingerprint density at radius 2 is 1.97 bits per heavy atom. The lowest BCUT2D eigenvalue weighted by atomic mass is 9.65. The summed E-state index contributed by atoms with van der Waals surface area (Å²) in [6.07, 6.45) is 0.933. The lowest BCUT2D eigenvalue weighted by Gasteiger charge is -2.56. The van der Waals surface area contributed by atoms with Gasteiger partial charge >= 0.3 is 11.9 Å². The van der Waals surface area contributed by atoms with E-state index in [-0.39, 0.29) is 23.8 Å². The van der Waals surface area contributed by atoms with Crippen LogP contribution in [0.25, 0.3) is 10.9 Å². The van der Waals surface area contributed by atoms with Gasteiger partial charge in [-0.1, -0.05) is 31.5 Å². The van der Waals surface area contributed by atoms with Crippen LogP contribution in [0, 0.1) is 11.8 Å². The van der Waals surface area contributed by atoms with Crippen LogP contribution in [-0.4, -0.2) is 53.9 Å². The Balaban J connectivity index is 1.89. The van der Waals surface area contributed by atoms with Crippen molar-refractivity contribution in [2.45, 2.75) is 57.9 Å². The Labute approximate surface area is 192 Å². The van der Waals surface area contributed by atoms with Gasteiger partial charge in [0.25, 0.3) is 0 Å². The Kier molecular flexibility index (Phi) is 5.23. The van der Waals surface area contributed by atoms with Crippen molar-refractivity contribution in [2.75, 3.05) is 20.3 Å². The second kappa shape index (κ2) is 7.87. The number of fused-ring (bicyclic) bond motifs is 5. The number of hydrogen-bond acceptors (Lipinski definition) is 6. The number of para-hydroxylation sites is 1. The predicted octanol–water partition coefficient (Wildman–Crippen LogP) is 2.92.